The van der Waals surface area contributed by atoms with Gasteiger partial charge in [0.25, 0.3) is 0 Å². The first-order chi connectivity index (χ1) is 23.8. The summed E-state index contributed by atoms with van der Waals surface area (Å²) < 4.78 is 11.6. The number of aromatic nitrogens is 4. The number of piperidine rings is 2. The van der Waals surface area contributed by atoms with Gasteiger partial charge in [0.05, 0.1) is 35.9 Å². The zero-order valence-corrected chi connectivity index (χ0v) is 29.9. The van der Waals surface area contributed by atoms with Crippen molar-refractivity contribution in [3.05, 3.63) is 72.6 Å². The smallest absolute Gasteiger partial charge is 0.411 e. The van der Waals surface area contributed by atoms with Crippen LogP contribution in [0.1, 0.15) is 104 Å². The Hall–Kier alpha value is -4.60. The maximum absolute atomic E-state index is 13.2. The second-order valence-electron chi connectivity index (χ2n) is 16.6. The molecule has 2 amide bonds. The molecule has 10 heteroatoms. The third-order valence-corrected chi connectivity index (χ3v) is 10.9. The van der Waals surface area contributed by atoms with Crippen LogP contribution in [0.15, 0.2) is 60.9 Å². The summed E-state index contributed by atoms with van der Waals surface area (Å²) in [6.07, 6.45) is 9.52. The second kappa shape index (κ2) is 12.0. The molecule has 4 bridgehead atoms. The minimum atomic E-state index is -0.537. The molecule has 0 unspecified atom stereocenters. The lowest BCUT2D eigenvalue weighted by atomic mass is 9.98. The Morgan fingerprint density at radius 2 is 0.960 bits per heavy atom. The van der Waals surface area contributed by atoms with Crippen LogP contribution in [0, 0.1) is 11.8 Å². The van der Waals surface area contributed by atoms with Crippen molar-refractivity contribution in [1.82, 2.24) is 29.7 Å². The highest BCUT2D eigenvalue weighted by Gasteiger charge is 2.52. The summed E-state index contributed by atoms with van der Waals surface area (Å²) >= 11 is 0. The van der Waals surface area contributed by atoms with Crippen molar-refractivity contribution in [3.63, 3.8) is 0 Å². The number of fused-ring (bicyclic) bond motifs is 4. The van der Waals surface area contributed by atoms with Crippen LogP contribution in [0.2, 0.25) is 0 Å². The molecule has 2 saturated heterocycles. The van der Waals surface area contributed by atoms with Crippen LogP contribution >= 0.6 is 0 Å². The molecule has 2 aliphatic carbocycles. The number of benzene rings is 2. The van der Waals surface area contributed by atoms with Crippen LogP contribution in [0.25, 0.3) is 33.6 Å². The molecule has 8 rings (SSSR count). The number of carbonyl (C=O) groups excluding carboxylic acids is 2. The molecule has 2 saturated carbocycles. The number of hydrogen-bond donors (Lipinski definition) is 2. The summed E-state index contributed by atoms with van der Waals surface area (Å²) in [5, 5.41) is 0. The van der Waals surface area contributed by atoms with E-state index in [1.165, 1.54) is 0 Å². The van der Waals surface area contributed by atoms with E-state index in [0.717, 1.165) is 83.8 Å². The molecule has 50 heavy (non-hydrogen) atoms. The molecule has 2 aromatic heterocycles. The predicted octanol–water partition coefficient (Wildman–Crippen LogP) is 9.05. The van der Waals surface area contributed by atoms with E-state index in [0.29, 0.717) is 11.8 Å². The van der Waals surface area contributed by atoms with E-state index < -0.39 is 11.2 Å². The minimum Gasteiger partial charge on any atom is -0.444 e. The fourth-order valence-corrected chi connectivity index (χ4v) is 8.79. The van der Waals surface area contributed by atoms with Crippen molar-refractivity contribution >= 4 is 12.2 Å². The number of nitrogens with zero attached hydrogens (tertiary/aromatic N) is 4. The van der Waals surface area contributed by atoms with Gasteiger partial charge in [-0.05, 0) is 114 Å². The quantitative estimate of drug-likeness (QED) is 0.218. The van der Waals surface area contributed by atoms with E-state index in [-0.39, 0.29) is 36.4 Å². The lowest BCUT2D eigenvalue weighted by Gasteiger charge is -2.35. The Morgan fingerprint density at radius 3 is 1.32 bits per heavy atom. The van der Waals surface area contributed by atoms with Crippen molar-refractivity contribution in [3.8, 4) is 33.6 Å². The minimum absolute atomic E-state index is 0.0849. The van der Waals surface area contributed by atoms with Crippen molar-refractivity contribution in [2.24, 2.45) is 11.8 Å². The fourth-order valence-electron chi connectivity index (χ4n) is 8.79. The molecule has 0 radical (unpaired) electrons. The van der Waals surface area contributed by atoms with Crippen LogP contribution in [0.5, 0.6) is 0 Å². The van der Waals surface area contributed by atoms with Gasteiger partial charge in [-0.1, -0.05) is 48.5 Å². The highest BCUT2D eigenvalue weighted by Crippen LogP contribution is 2.51. The van der Waals surface area contributed by atoms with Gasteiger partial charge in [-0.2, -0.15) is 0 Å². The van der Waals surface area contributed by atoms with Crippen molar-refractivity contribution in [1.29, 1.82) is 0 Å². The lowest BCUT2D eigenvalue weighted by molar-refractivity contribution is 0.00523. The number of rotatable bonds is 5. The van der Waals surface area contributed by atoms with Gasteiger partial charge in [-0.15, -0.1) is 0 Å². The molecule has 4 heterocycles. The average Bonchev–Trinajstić information content (AvgIpc) is 3.92. The normalized spacial score (nSPS) is 25.8. The van der Waals surface area contributed by atoms with Crippen molar-refractivity contribution in [2.75, 3.05) is 0 Å². The molecule has 10 nitrogen and oxygen atoms in total. The lowest BCUT2D eigenvalue weighted by Crippen LogP contribution is -2.43. The van der Waals surface area contributed by atoms with E-state index in [4.69, 9.17) is 19.4 Å². The molecular weight excluding hydrogens is 628 g/mol. The molecule has 2 aromatic carbocycles. The highest BCUT2D eigenvalue weighted by atomic mass is 16.6. The van der Waals surface area contributed by atoms with E-state index in [2.05, 4.69) is 58.5 Å². The summed E-state index contributed by atoms with van der Waals surface area (Å²) in [6, 6.07) is 17.2. The first-order valence-electron chi connectivity index (χ1n) is 18.1. The Balaban J connectivity index is 0.953. The topological polar surface area (TPSA) is 116 Å². The van der Waals surface area contributed by atoms with Gasteiger partial charge in [0.15, 0.2) is 0 Å². The van der Waals surface area contributed by atoms with Crippen LogP contribution in [0.3, 0.4) is 0 Å². The van der Waals surface area contributed by atoms with Gasteiger partial charge >= 0.3 is 12.2 Å². The van der Waals surface area contributed by atoms with Gasteiger partial charge in [-0.3, -0.25) is 9.80 Å². The van der Waals surface area contributed by atoms with Crippen LogP contribution in [0.4, 0.5) is 9.59 Å². The summed E-state index contributed by atoms with van der Waals surface area (Å²) in [5.74, 6) is 2.46. The third kappa shape index (κ3) is 6.07. The van der Waals surface area contributed by atoms with Gasteiger partial charge in [-0.25, -0.2) is 19.6 Å². The third-order valence-electron chi connectivity index (χ3n) is 10.9. The monoisotopic (exact) mass is 676 g/mol. The summed E-state index contributed by atoms with van der Waals surface area (Å²) in [7, 11) is 0. The van der Waals surface area contributed by atoms with Gasteiger partial charge in [0, 0.05) is 12.1 Å². The standard InChI is InChI=1S/C40H48N6O4/c1-39(2,3)49-37(47)45-29-17-15-27(19-29)33(45)35-41-21-31(43-35)25-11-7-23(8-12-25)24-9-13-26(14-10-24)32-22-42-36(44-32)34-28-16-18-30(20-28)46(34)38(48)50-40(4,5)6/h7-14,21-22,27-30,33-34H,15-20H2,1-6H3,(H,41,43)(H,42,44)/t27-,28-,29+,30+,33+,34+/m0/s1. The van der Waals surface area contributed by atoms with E-state index >= 15 is 0 Å². The molecule has 4 aromatic rings. The Labute approximate surface area is 294 Å². The highest BCUT2D eigenvalue weighted by molar-refractivity contribution is 5.73. The summed E-state index contributed by atoms with van der Waals surface area (Å²) in [6.45, 7) is 11.5. The van der Waals surface area contributed by atoms with Crippen molar-refractivity contribution < 1.29 is 19.1 Å². The van der Waals surface area contributed by atoms with Gasteiger partial charge < -0.3 is 19.4 Å². The maximum atomic E-state index is 13.2. The molecule has 2 aliphatic heterocycles. The first-order valence-corrected chi connectivity index (χ1v) is 18.1. The molecule has 2 N–H and O–H groups in total. The first kappa shape index (κ1) is 32.6. The number of ether oxygens (including phenoxy) is 2. The predicted molar refractivity (Wildman–Crippen MR) is 191 cm³/mol. The van der Waals surface area contributed by atoms with Crippen LogP contribution < -0.4 is 0 Å². The van der Waals surface area contributed by atoms with Gasteiger partial charge in [0.1, 0.15) is 22.9 Å². The van der Waals surface area contributed by atoms with Crippen molar-refractivity contribution in [2.45, 2.75) is 115 Å². The van der Waals surface area contributed by atoms with Gasteiger partial charge in [0.2, 0.25) is 0 Å². The molecule has 4 aliphatic rings. The number of H-pyrrole nitrogens is 2. The average molecular weight is 677 g/mol. The number of amides is 2. The maximum Gasteiger partial charge on any atom is 0.411 e. The number of aromatic amines is 2. The second-order valence-corrected chi connectivity index (χ2v) is 16.6. The molecular formula is C40H48N6O4. The summed E-state index contributed by atoms with van der Waals surface area (Å²) in [4.78, 5) is 46.8. The fraction of sp³-hybridized carbons (Fsp3) is 0.500. The molecule has 0 spiro atoms. The largest absolute Gasteiger partial charge is 0.444 e. The Morgan fingerprint density at radius 1 is 0.600 bits per heavy atom. The SMILES string of the molecule is CC(C)(C)OC(=O)N1[C@@H]2CC[C@@H](C2)[C@@H]1c1ncc(-c2ccc(-c3ccc(-c4cnc([C@H]5[C@H]6CC[C@H](C6)N5C(=O)OC(C)(C)C)[nH]4)cc3)cc2)[nH]1. The number of carbonyl (C=O) groups is 2. The molecule has 6 atom stereocenters. The van der Waals surface area contributed by atoms with E-state index in [1.54, 1.807) is 0 Å². The molecule has 4 fully saturated rings. The van der Waals surface area contributed by atoms with E-state index in [9.17, 15) is 9.59 Å². The van der Waals surface area contributed by atoms with Crippen LogP contribution in [-0.2, 0) is 9.47 Å². The zero-order chi connectivity index (χ0) is 34.9. The Kier molecular flexibility index (Phi) is 7.84. The number of likely N-dealkylation sites (tertiary alicyclic amines) is 2. The Bertz CT molecular complexity index is 1740. The zero-order valence-electron chi connectivity index (χ0n) is 29.9. The van der Waals surface area contributed by atoms with Crippen LogP contribution in [-0.4, -0.2) is 65.2 Å². The molecule has 262 valence electrons. The number of imidazole rings is 2. The van der Waals surface area contributed by atoms with E-state index in [1.807, 2.05) is 63.7 Å². The number of nitrogens with one attached hydrogen (secondary N) is 2. The summed E-state index contributed by atoms with van der Waals surface area (Å²) in [5.41, 5.74) is 5.11. The number of hydrogen-bond acceptors (Lipinski definition) is 6.